The Balaban J connectivity index is 2.11. The second-order valence-corrected chi connectivity index (χ2v) is 6.20. The summed E-state index contributed by atoms with van der Waals surface area (Å²) in [7, 11) is 0. The molecule has 0 bridgehead atoms. The molecule has 2 atom stereocenters. The van der Waals surface area contributed by atoms with Crippen molar-refractivity contribution in [1.29, 1.82) is 0 Å². The number of nitrogens with one attached hydrogen (secondary N) is 1. The number of hydrogen-bond acceptors (Lipinski definition) is 2. The molecule has 0 spiro atoms. The molecule has 2 rings (SSSR count). The van der Waals surface area contributed by atoms with Gasteiger partial charge in [-0.25, -0.2) is 0 Å². The van der Waals surface area contributed by atoms with Crippen molar-refractivity contribution in [2.24, 2.45) is 5.92 Å². The van der Waals surface area contributed by atoms with Crippen LogP contribution in [0.3, 0.4) is 0 Å². The van der Waals surface area contributed by atoms with Gasteiger partial charge in [-0.05, 0) is 32.6 Å². The molecule has 0 aromatic carbocycles. The SMILES string of the molecule is CCC1CCCC(N2CC(=O)NC(C)(C)C2=O)C1. The lowest BCUT2D eigenvalue weighted by Gasteiger charge is -2.44. The lowest BCUT2D eigenvalue weighted by molar-refractivity contribution is -0.151. The molecule has 2 aliphatic rings. The van der Waals surface area contributed by atoms with Crippen LogP contribution in [0.15, 0.2) is 0 Å². The first-order valence-electron chi connectivity index (χ1n) is 7.06. The first-order chi connectivity index (χ1) is 8.44. The van der Waals surface area contributed by atoms with Crippen molar-refractivity contribution < 1.29 is 9.59 Å². The van der Waals surface area contributed by atoms with Crippen molar-refractivity contribution in [1.82, 2.24) is 10.2 Å². The summed E-state index contributed by atoms with van der Waals surface area (Å²) >= 11 is 0. The topological polar surface area (TPSA) is 49.4 Å². The minimum absolute atomic E-state index is 0.0294. The molecule has 1 saturated heterocycles. The molecule has 1 aliphatic heterocycles. The van der Waals surface area contributed by atoms with E-state index in [1.165, 1.54) is 19.3 Å². The van der Waals surface area contributed by atoms with Gasteiger partial charge in [0.2, 0.25) is 11.8 Å². The Kier molecular flexibility index (Phi) is 3.64. The standard InChI is InChI=1S/C14H24N2O2/c1-4-10-6-5-7-11(8-10)16-9-12(17)15-14(2,3)13(16)18/h10-11H,4-9H2,1-3H3,(H,15,17). The minimum Gasteiger partial charge on any atom is -0.341 e. The summed E-state index contributed by atoms with van der Waals surface area (Å²) in [6.07, 6.45) is 5.73. The van der Waals surface area contributed by atoms with Gasteiger partial charge in [-0.1, -0.05) is 26.2 Å². The highest BCUT2D eigenvalue weighted by atomic mass is 16.2. The van der Waals surface area contributed by atoms with Crippen LogP contribution < -0.4 is 5.32 Å². The van der Waals surface area contributed by atoms with Gasteiger partial charge in [-0.3, -0.25) is 9.59 Å². The van der Waals surface area contributed by atoms with Crippen LogP contribution in [-0.2, 0) is 9.59 Å². The highest BCUT2D eigenvalue weighted by Crippen LogP contribution is 2.31. The Morgan fingerprint density at radius 2 is 2.06 bits per heavy atom. The Morgan fingerprint density at radius 3 is 2.72 bits per heavy atom. The lowest BCUT2D eigenvalue weighted by atomic mass is 9.82. The number of hydrogen-bond donors (Lipinski definition) is 1. The predicted molar refractivity (Wildman–Crippen MR) is 70.0 cm³/mol. The van der Waals surface area contributed by atoms with Crippen molar-refractivity contribution in [2.75, 3.05) is 6.54 Å². The average molecular weight is 252 g/mol. The summed E-state index contributed by atoms with van der Waals surface area (Å²) in [5.74, 6) is 0.756. The lowest BCUT2D eigenvalue weighted by Crippen LogP contribution is -2.66. The zero-order chi connectivity index (χ0) is 13.3. The molecule has 18 heavy (non-hydrogen) atoms. The van der Waals surface area contributed by atoms with E-state index in [1.807, 2.05) is 4.90 Å². The Bertz CT molecular complexity index is 352. The van der Waals surface area contributed by atoms with Crippen LogP contribution in [0.5, 0.6) is 0 Å². The van der Waals surface area contributed by atoms with Crippen LogP contribution in [0, 0.1) is 5.92 Å². The summed E-state index contributed by atoms with van der Waals surface area (Å²) in [6, 6.07) is 0.265. The second-order valence-electron chi connectivity index (χ2n) is 6.20. The molecule has 2 fully saturated rings. The molecule has 1 saturated carbocycles. The monoisotopic (exact) mass is 252 g/mol. The summed E-state index contributed by atoms with van der Waals surface area (Å²) < 4.78 is 0. The van der Waals surface area contributed by atoms with E-state index in [9.17, 15) is 9.59 Å². The highest BCUT2D eigenvalue weighted by Gasteiger charge is 2.42. The fourth-order valence-electron chi connectivity index (χ4n) is 3.24. The van der Waals surface area contributed by atoms with Crippen LogP contribution in [-0.4, -0.2) is 34.8 Å². The van der Waals surface area contributed by atoms with Crippen LogP contribution in [0.2, 0.25) is 0 Å². The third-order valence-electron chi connectivity index (χ3n) is 4.33. The van der Waals surface area contributed by atoms with Gasteiger partial charge in [0.1, 0.15) is 5.54 Å². The first-order valence-corrected chi connectivity index (χ1v) is 7.06. The maximum absolute atomic E-state index is 12.4. The van der Waals surface area contributed by atoms with Crippen molar-refractivity contribution in [3.63, 3.8) is 0 Å². The smallest absolute Gasteiger partial charge is 0.248 e. The molecule has 0 aromatic heterocycles. The molecular formula is C14H24N2O2. The summed E-state index contributed by atoms with van der Waals surface area (Å²) in [6.45, 7) is 6.03. The van der Waals surface area contributed by atoms with Crippen LogP contribution in [0.4, 0.5) is 0 Å². The van der Waals surface area contributed by atoms with Gasteiger partial charge in [0.05, 0.1) is 6.54 Å². The van der Waals surface area contributed by atoms with Gasteiger partial charge in [0.15, 0.2) is 0 Å². The Morgan fingerprint density at radius 1 is 1.33 bits per heavy atom. The zero-order valence-corrected chi connectivity index (χ0v) is 11.7. The first kappa shape index (κ1) is 13.4. The molecule has 0 radical (unpaired) electrons. The maximum Gasteiger partial charge on any atom is 0.248 e. The van der Waals surface area contributed by atoms with Gasteiger partial charge >= 0.3 is 0 Å². The maximum atomic E-state index is 12.4. The Hall–Kier alpha value is -1.06. The number of rotatable bonds is 2. The molecule has 4 nitrogen and oxygen atoms in total. The average Bonchev–Trinajstić information content (AvgIpc) is 2.33. The predicted octanol–water partition coefficient (Wildman–Crippen LogP) is 1.69. The summed E-state index contributed by atoms with van der Waals surface area (Å²) in [5, 5.41) is 2.77. The third-order valence-corrected chi connectivity index (χ3v) is 4.33. The van der Waals surface area contributed by atoms with E-state index < -0.39 is 5.54 Å². The molecule has 1 aliphatic carbocycles. The molecule has 102 valence electrons. The van der Waals surface area contributed by atoms with E-state index in [1.54, 1.807) is 13.8 Å². The van der Waals surface area contributed by atoms with Crippen molar-refractivity contribution >= 4 is 11.8 Å². The molecule has 2 amide bonds. The molecule has 2 unspecified atom stereocenters. The van der Waals surface area contributed by atoms with E-state index in [4.69, 9.17) is 0 Å². The summed E-state index contributed by atoms with van der Waals surface area (Å²) in [4.78, 5) is 25.9. The van der Waals surface area contributed by atoms with Gasteiger partial charge in [0.25, 0.3) is 0 Å². The van der Waals surface area contributed by atoms with Gasteiger partial charge in [-0.2, -0.15) is 0 Å². The molecular weight excluding hydrogens is 228 g/mol. The van der Waals surface area contributed by atoms with Crippen LogP contribution >= 0.6 is 0 Å². The normalized spacial score (nSPS) is 32.3. The van der Waals surface area contributed by atoms with E-state index >= 15 is 0 Å². The zero-order valence-electron chi connectivity index (χ0n) is 11.7. The third kappa shape index (κ3) is 2.52. The fourth-order valence-corrected chi connectivity index (χ4v) is 3.24. The highest BCUT2D eigenvalue weighted by molar-refractivity contribution is 5.97. The molecule has 4 heteroatoms. The molecule has 1 heterocycles. The van der Waals surface area contributed by atoms with Crippen molar-refractivity contribution in [2.45, 2.75) is 64.5 Å². The van der Waals surface area contributed by atoms with Gasteiger partial charge < -0.3 is 10.2 Å². The number of piperazine rings is 1. The quantitative estimate of drug-likeness (QED) is 0.813. The van der Waals surface area contributed by atoms with Crippen molar-refractivity contribution in [3.8, 4) is 0 Å². The minimum atomic E-state index is -0.742. The number of amides is 2. The van der Waals surface area contributed by atoms with E-state index in [0.29, 0.717) is 5.92 Å². The van der Waals surface area contributed by atoms with E-state index in [2.05, 4.69) is 12.2 Å². The molecule has 1 N–H and O–H groups in total. The molecule has 0 aromatic rings. The van der Waals surface area contributed by atoms with Gasteiger partial charge in [-0.15, -0.1) is 0 Å². The number of carbonyl (C=O) groups is 2. The number of nitrogens with zero attached hydrogens (tertiary/aromatic N) is 1. The van der Waals surface area contributed by atoms with Crippen LogP contribution in [0.1, 0.15) is 52.9 Å². The number of carbonyl (C=O) groups excluding carboxylic acids is 2. The Labute approximate surface area is 109 Å². The van der Waals surface area contributed by atoms with Crippen molar-refractivity contribution in [3.05, 3.63) is 0 Å². The largest absolute Gasteiger partial charge is 0.341 e. The van der Waals surface area contributed by atoms with Gasteiger partial charge in [0, 0.05) is 6.04 Å². The fraction of sp³-hybridized carbons (Fsp3) is 0.857. The van der Waals surface area contributed by atoms with E-state index in [-0.39, 0.29) is 24.4 Å². The van der Waals surface area contributed by atoms with Crippen LogP contribution in [0.25, 0.3) is 0 Å². The summed E-state index contributed by atoms with van der Waals surface area (Å²) in [5.41, 5.74) is -0.742. The van der Waals surface area contributed by atoms with E-state index in [0.717, 1.165) is 12.8 Å². The second kappa shape index (κ2) is 4.90.